The molecule has 0 saturated heterocycles. The van der Waals surface area contributed by atoms with Crippen molar-refractivity contribution in [2.75, 3.05) is 6.54 Å². The Morgan fingerprint density at radius 3 is 2.50 bits per heavy atom. The van der Waals surface area contributed by atoms with Gasteiger partial charge in [0.05, 0.1) is 0 Å². The molecule has 5 heteroatoms. The molecule has 0 saturated carbocycles. The van der Waals surface area contributed by atoms with Crippen molar-refractivity contribution in [2.24, 2.45) is 0 Å². The van der Waals surface area contributed by atoms with Crippen LogP contribution in [-0.4, -0.2) is 16.1 Å². The maximum Gasteiger partial charge on any atom is 0.133 e. The van der Waals surface area contributed by atoms with E-state index in [-0.39, 0.29) is 0 Å². The molecule has 1 aromatic heterocycles. The average Bonchev–Trinajstić information content (AvgIpc) is 2.72. The summed E-state index contributed by atoms with van der Waals surface area (Å²) in [7, 11) is 0. The number of rotatable bonds is 5. The van der Waals surface area contributed by atoms with Gasteiger partial charge in [-0.2, -0.15) is 0 Å². The van der Waals surface area contributed by atoms with Crippen LogP contribution in [0.3, 0.4) is 0 Å². The Balaban J connectivity index is 2.10. The van der Waals surface area contributed by atoms with Gasteiger partial charge in [-0.3, -0.25) is 4.57 Å². The summed E-state index contributed by atoms with van der Waals surface area (Å²) in [6, 6.07) is 8.62. The van der Waals surface area contributed by atoms with Crippen molar-refractivity contribution in [3.63, 3.8) is 0 Å². The molecule has 0 aliphatic carbocycles. The van der Waals surface area contributed by atoms with Crippen molar-refractivity contribution in [1.29, 1.82) is 0 Å². The number of nitrogens with one attached hydrogen (secondary N) is 1. The SMILES string of the molecule is CCCNCc1ccc(-n2cnc(I)c2I)cc1. The van der Waals surface area contributed by atoms with Gasteiger partial charge >= 0.3 is 0 Å². The zero-order chi connectivity index (χ0) is 13.0. The second-order valence-electron chi connectivity index (χ2n) is 4.04. The monoisotopic (exact) mass is 467 g/mol. The molecule has 2 rings (SSSR count). The summed E-state index contributed by atoms with van der Waals surface area (Å²) < 4.78 is 4.30. The Hall–Kier alpha value is -0.150. The molecule has 3 nitrogen and oxygen atoms in total. The summed E-state index contributed by atoms with van der Waals surface area (Å²) in [4.78, 5) is 4.31. The molecule has 1 N–H and O–H groups in total. The molecule has 18 heavy (non-hydrogen) atoms. The highest BCUT2D eigenvalue weighted by molar-refractivity contribution is 14.1. The van der Waals surface area contributed by atoms with Crippen LogP contribution in [0.4, 0.5) is 0 Å². The first kappa shape index (κ1) is 14.3. The zero-order valence-electron chi connectivity index (χ0n) is 10.2. The summed E-state index contributed by atoms with van der Waals surface area (Å²) in [5.74, 6) is 0. The van der Waals surface area contributed by atoms with Crippen LogP contribution in [0.2, 0.25) is 0 Å². The molecule has 0 amide bonds. The van der Waals surface area contributed by atoms with Crippen molar-refractivity contribution in [3.05, 3.63) is 43.6 Å². The van der Waals surface area contributed by atoms with Crippen LogP contribution < -0.4 is 5.32 Å². The van der Waals surface area contributed by atoms with E-state index in [1.807, 2.05) is 6.33 Å². The molecule has 96 valence electrons. The molecule has 0 radical (unpaired) electrons. The van der Waals surface area contributed by atoms with Gasteiger partial charge in [-0.1, -0.05) is 19.1 Å². The smallest absolute Gasteiger partial charge is 0.133 e. The highest BCUT2D eigenvalue weighted by Gasteiger charge is 2.06. The number of imidazole rings is 1. The Kier molecular flexibility index (Phi) is 5.43. The van der Waals surface area contributed by atoms with Crippen molar-refractivity contribution in [3.8, 4) is 5.69 Å². The van der Waals surface area contributed by atoms with Gasteiger partial charge in [-0.15, -0.1) is 0 Å². The number of nitrogens with zero attached hydrogens (tertiary/aromatic N) is 2. The van der Waals surface area contributed by atoms with E-state index in [0.29, 0.717) is 0 Å². The van der Waals surface area contributed by atoms with Gasteiger partial charge in [0.1, 0.15) is 13.7 Å². The summed E-state index contributed by atoms with van der Waals surface area (Å²) in [6.45, 7) is 4.19. The highest BCUT2D eigenvalue weighted by Crippen LogP contribution is 2.18. The standard InChI is InChI=1S/C13H15I2N3/c1-2-7-16-8-10-3-5-11(6-4-10)18-9-17-12(14)13(18)15/h3-6,9,16H,2,7-8H2,1H3. The lowest BCUT2D eigenvalue weighted by atomic mass is 10.2. The molecule has 0 atom stereocenters. The van der Waals surface area contributed by atoms with E-state index in [2.05, 4.69) is 91.2 Å². The summed E-state index contributed by atoms with van der Waals surface area (Å²) in [5, 5.41) is 3.40. The molecule has 2 aromatic rings. The van der Waals surface area contributed by atoms with Gasteiger partial charge in [-0.25, -0.2) is 4.98 Å². The third kappa shape index (κ3) is 3.45. The summed E-state index contributed by atoms with van der Waals surface area (Å²) >= 11 is 4.57. The first-order chi connectivity index (χ1) is 8.72. The van der Waals surface area contributed by atoms with E-state index in [1.165, 1.54) is 12.0 Å². The number of hydrogen-bond donors (Lipinski definition) is 1. The fraction of sp³-hybridized carbons (Fsp3) is 0.308. The molecule has 1 heterocycles. The summed E-state index contributed by atoms with van der Waals surface area (Å²) in [5.41, 5.74) is 2.48. The Morgan fingerprint density at radius 1 is 1.22 bits per heavy atom. The normalized spacial score (nSPS) is 10.8. The maximum atomic E-state index is 4.31. The lowest BCUT2D eigenvalue weighted by Crippen LogP contribution is -2.13. The van der Waals surface area contributed by atoms with Crippen molar-refractivity contribution in [1.82, 2.24) is 14.9 Å². The van der Waals surface area contributed by atoms with Crippen LogP contribution in [0.5, 0.6) is 0 Å². The minimum Gasteiger partial charge on any atom is -0.313 e. The number of benzene rings is 1. The van der Waals surface area contributed by atoms with E-state index in [4.69, 9.17) is 0 Å². The molecular weight excluding hydrogens is 452 g/mol. The van der Waals surface area contributed by atoms with Gasteiger partial charge < -0.3 is 5.32 Å². The fourth-order valence-electron chi connectivity index (χ4n) is 1.68. The lowest BCUT2D eigenvalue weighted by Gasteiger charge is -2.07. The van der Waals surface area contributed by atoms with Gasteiger partial charge in [0.15, 0.2) is 0 Å². The summed E-state index contributed by atoms with van der Waals surface area (Å²) in [6.07, 6.45) is 3.04. The Bertz CT molecular complexity index is 505. The average molecular weight is 467 g/mol. The topological polar surface area (TPSA) is 29.9 Å². The Labute approximate surface area is 135 Å². The van der Waals surface area contributed by atoms with Crippen LogP contribution in [0.1, 0.15) is 18.9 Å². The maximum absolute atomic E-state index is 4.31. The molecule has 0 unspecified atom stereocenters. The minimum absolute atomic E-state index is 0.937. The van der Waals surface area contributed by atoms with Gasteiger partial charge in [0.25, 0.3) is 0 Å². The minimum atomic E-state index is 0.937. The molecule has 0 spiro atoms. The third-order valence-corrected chi connectivity index (χ3v) is 5.49. The van der Waals surface area contributed by atoms with Gasteiger partial charge in [0.2, 0.25) is 0 Å². The van der Waals surface area contributed by atoms with Crippen molar-refractivity contribution < 1.29 is 0 Å². The third-order valence-electron chi connectivity index (χ3n) is 2.64. The lowest BCUT2D eigenvalue weighted by molar-refractivity contribution is 0.675. The van der Waals surface area contributed by atoms with E-state index in [0.717, 1.165) is 26.2 Å². The van der Waals surface area contributed by atoms with Crippen LogP contribution >= 0.6 is 45.2 Å². The van der Waals surface area contributed by atoms with E-state index >= 15 is 0 Å². The second kappa shape index (κ2) is 6.85. The molecule has 0 bridgehead atoms. The number of hydrogen-bond acceptors (Lipinski definition) is 2. The molecule has 0 fully saturated rings. The number of halogens is 2. The predicted molar refractivity (Wildman–Crippen MR) is 91.0 cm³/mol. The van der Waals surface area contributed by atoms with Crippen LogP contribution in [0, 0.1) is 7.40 Å². The molecule has 0 aliphatic heterocycles. The first-order valence-corrected chi connectivity index (χ1v) is 8.06. The van der Waals surface area contributed by atoms with E-state index in [1.54, 1.807) is 0 Å². The van der Waals surface area contributed by atoms with Crippen LogP contribution in [-0.2, 0) is 6.54 Å². The molecular formula is C13H15I2N3. The number of aromatic nitrogens is 2. The quantitative estimate of drug-likeness (QED) is 0.539. The molecule has 0 aliphatic rings. The molecule has 1 aromatic carbocycles. The van der Waals surface area contributed by atoms with Crippen molar-refractivity contribution in [2.45, 2.75) is 19.9 Å². The van der Waals surface area contributed by atoms with Gasteiger partial charge in [0, 0.05) is 12.2 Å². The van der Waals surface area contributed by atoms with E-state index in [9.17, 15) is 0 Å². The van der Waals surface area contributed by atoms with Crippen molar-refractivity contribution >= 4 is 45.2 Å². The zero-order valence-corrected chi connectivity index (χ0v) is 14.5. The fourth-order valence-corrected chi connectivity index (χ4v) is 2.60. The first-order valence-electron chi connectivity index (χ1n) is 5.90. The second-order valence-corrected chi connectivity index (χ2v) is 6.08. The van der Waals surface area contributed by atoms with Crippen LogP contribution in [0.15, 0.2) is 30.6 Å². The highest BCUT2D eigenvalue weighted by atomic mass is 127. The van der Waals surface area contributed by atoms with Crippen LogP contribution in [0.25, 0.3) is 5.69 Å². The predicted octanol–water partition coefficient (Wildman–Crippen LogP) is 3.58. The van der Waals surface area contributed by atoms with E-state index < -0.39 is 0 Å². The largest absolute Gasteiger partial charge is 0.313 e. The van der Waals surface area contributed by atoms with Gasteiger partial charge in [-0.05, 0) is 75.8 Å². The Morgan fingerprint density at radius 2 is 1.94 bits per heavy atom.